The largest absolute Gasteiger partial charge is 0.486 e. The third kappa shape index (κ3) is 4.34. The first-order chi connectivity index (χ1) is 12.2. The van der Waals surface area contributed by atoms with Crippen LogP contribution >= 0.6 is 0 Å². The second-order valence-corrected chi connectivity index (χ2v) is 5.72. The molecule has 2 heterocycles. The van der Waals surface area contributed by atoms with Crippen molar-refractivity contribution in [2.75, 3.05) is 19.8 Å². The fourth-order valence-electron chi connectivity index (χ4n) is 2.75. The molecule has 2 aromatic rings. The fraction of sp³-hybridized carbons (Fsp3) is 0.412. The zero-order valence-corrected chi connectivity index (χ0v) is 13.6. The Labute approximate surface area is 144 Å². The molecule has 2 N–H and O–H groups in total. The number of aromatic nitrogens is 2. The van der Waals surface area contributed by atoms with Crippen LogP contribution in [0.25, 0.3) is 0 Å². The number of nitrogens with zero attached hydrogens (tertiary/aromatic N) is 2. The summed E-state index contributed by atoms with van der Waals surface area (Å²) in [6.45, 7) is 0.943. The van der Waals surface area contributed by atoms with Gasteiger partial charge in [-0.3, -0.25) is 9.48 Å². The molecule has 0 aliphatic carbocycles. The molecule has 3 rings (SSSR count). The maximum absolute atomic E-state index is 13.3. The van der Waals surface area contributed by atoms with Gasteiger partial charge in [-0.15, -0.1) is 0 Å². The SMILES string of the molecule is O=C(N[C@@H]1CCOC[C@H]1Oc1cccc(F)c1)c1ccnn1CCO. The number of ether oxygens (including phenoxy) is 2. The smallest absolute Gasteiger partial charge is 0.269 e. The lowest BCUT2D eigenvalue weighted by Crippen LogP contribution is -2.51. The number of carbonyl (C=O) groups excluding carboxylic acids is 1. The van der Waals surface area contributed by atoms with E-state index in [4.69, 9.17) is 14.6 Å². The van der Waals surface area contributed by atoms with E-state index in [-0.39, 0.29) is 30.9 Å². The first-order valence-corrected chi connectivity index (χ1v) is 8.11. The van der Waals surface area contributed by atoms with Crippen molar-refractivity contribution in [3.63, 3.8) is 0 Å². The minimum absolute atomic E-state index is 0.107. The van der Waals surface area contributed by atoms with Gasteiger partial charge in [0.25, 0.3) is 5.91 Å². The molecule has 25 heavy (non-hydrogen) atoms. The van der Waals surface area contributed by atoms with Crippen molar-refractivity contribution in [3.8, 4) is 5.75 Å². The molecular weight excluding hydrogens is 329 g/mol. The molecule has 7 nitrogen and oxygen atoms in total. The van der Waals surface area contributed by atoms with E-state index in [1.54, 1.807) is 18.2 Å². The van der Waals surface area contributed by atoms with Crippen LogP contribution in [0, 0.1) is 5.82 Å². The van der Waals surface area contributed by atoms with E-state index in [1.807, 2.05) is 0 Å². The number of nitrogens with one attached hydrogen (secondary N) is 1. The van der Waals surface area contributed by atoms with Crippen molar-refractivity contribution in [2.24, 2.45) is 0 Å². The Bertz CT molecular complexity index is 721. The number of benzene rings is 1. The van der Waals surface area contributed by atoms with Gasteiger partial charge < -0.3 is 19.9 Å². The van der Waals surface area contributed by atoms with Gasteiger partial charge in [0.2, 0.25) is 0 Å². The summed E-state index contributed by atoms with van der Waals surface area (Å²) in [5.41, 5.74) is 0.366. The van der Waals surface area contributed by atoms with Gasteiger partial charge in [0, 0.05) is 18.9 Å². The Morgan fingerprint density at radius 3 is 3.16 bits per heavy atom. The zero-order chi connectivity index (χ0) is 17.6. The monoisotopic (exact) mass is 349 g/mol. The highest BCUT2D eigenvalue weighted by atomic mass is 19.1. The van der Waals surface area contributed by atoms with Crippen LogP contribution in [0.3, 0.4) is 0 Å². The predicted molar refractivity (Wildman–Crippen MR) is 86.8 cm³/mol. The van der Waals surface area contributed by atoms with E-state index in [0.717, 1.165) is 0 Å². The highest BCUT2D eigenvalue weighted by Crippen LogP contribution is 2.19. The van der Waals surface area contributed by atoms with Gasteiger partial charge in [0.05, 0.1) is 25.8 Å². The van der Waals surface area contributed by atoms with Gasteiger partial charge in [-0.05, 0) is 24.6 Å². The summed E-state index contributed by atoms with van der Waals surface area (Å²) in [5, 5.41) is 16.0. The molecule has 1 aromatic heterocycles. The quantitative estimate of drug-likeness (QED) is 0.812. The fourth-order valence-corrected chi connectivity index (χ4v) is 2.75. The van der Waals surface area contributed by atoms with Crippen LogP contribution in [0.15, 0.2) is 36.5 Å². The zero-order valence-electron chi connectivity index (χ0n) is 13.6. The number of halogens is 1. The molecule has 1 saturated heterocycles. The molecule has 2 atom stereocenters. The van der Waals surface area contributed by atoms with Crippen LogP contribution in [0.4, 0.5) is 4.39 Å². The summed E-state index contributed by atoms with van der Waals surface area (Å²) < 4.78 is 26.0. The van der Waals surface area contributed by atoms with Gasteiger partial charge in [-0.2, -0.15) is 5.10 Å². The maximum atomic E-state index is 13.3. The molecule has 0 saturated carbocycles. The number of hydrogen-bond acceptors (Lipinski definition) is 5. The summed E-state index contributed by atoms with van der Waals surface area (Å²) in [5.74, 6) is -0.298. The van der Waals surface area contributed by atoms with Gasteiger partial charge >= 0.3 is 0 Å². The second kappa shape index (κ2) is 8.09. The molecule has 0 unspecified atom stereocenters. The molecule has 0 radical (unpaired) electrons. The summed E-state index contributed by atoms with van der Waals surface area (Å²) in [7, 11) is 0. The number of carbonyl (C=O) groups is 1. The summed E-state index contributed by atoms with van der Waals surface area (Å²) in [6, 6.07) is 7.17. The highest BCUT2D eigenvalue weighted by Gasteiger charge is 2.30. The standard InChI is InChI=1S/C17H20FN3O4/c18-12-2-1-3-13(10-12)25-16-11-24-9-5-14(16)20-17(23)15-4-6-19-21(15)7-8-22/h1-4,6,10,14,16,22H,5,7-9,11H2,(H,20,23)/t14-,16-/m1/s1. The summed E-state index contributed by atoms with van der Waals surface area (Å²) in [6.07, 6.45) is 1.67. The Hall–Kier alpha value is -2.45. The predicted octanol–water partition coefficient (Wildman–Crippen LogP) is 0.981. The van der Waals surface area contributed by atoms with E-state index in [2.05, 4.69) is 10.4 Å². The van der Waals surface area contributed by atoms with Gasteiger partial charge in [0.15, 0.2) is 0 Å². The van der Waals surface area contributed by atoms with Crippen LogP contribution in [0.1, 0.15) is 16.9 Å². The third-order valence-electron chi connectivity index (χ3n) is 3.97. The van der Waals surface area contributed by atoms with Crippen LogP contribution in [0.2, 0.25) is 0 Å². The molecule has 1 fully saturated rings. The van der Waals surface area contributed by atoms with Gasteiger partial charge in [-0.25, -0.2) is 4.39 Å². The number of aliphatic hydroxyl groups is 1. The second-order valence-electron chi connectivity index (χ2n) is 5.72. The Balaban J connectivity index is 1.68. The number of amides is 1. The highest BCUT2D eigenvalue weighted by molar-refractivity contribution is 5.92. The van der Waals surface area contributed by atoms with Crippen molar-refractivity contribution in [3.05, 3.63) is 48.0 Å². The van der Waals surface area contributed by atoms with Crippen molar-refractivity contribution >= 4 is 5.91 Å². The Morgan fingerprint density at radius 2 is 2.36 bits per heavy atom. The molecule has 8 heteroatoms. The van der Waals surface area contributed by atoms with Crippen molar-refractivity contribution in [1.29, 1.82) is 0 Å². The van der Waals surface area contributed by atoms with Crippen LogP contribution in [-0.2, 0) is 11.3 Å². The van der Waals surface area contributed by atoms with E-state index in [9.17, 15) is 9.18 Å². The molecule has 1 aliphatic rings. The normalized spacial score (nSPS) is 20.2. The van der Waals surface area contributed by atoms with Crippen molar-refractivity contribution in [1.82, 2.24) is 15.1 Å². The third-order valence-corrected chi connectivity index (χ3v) is 3.97. The lowest BCUT2D eigenvalue weighted by atomic mass is 10.1. The average Bonchev–Trinajstić information content (AvgIpc) is 3.05. The van der Waals surface area contributed by atoms with Crippen molar-refractivity contribution in [2.45, 2.75) is 25.1 Å². The van der Waals surface area contributed by atoms with Gasteiger partial charge in [-0.1, -0.05) is 6.07 Å². The van der Waals surface area contributed by atoms with Gasteiger partial charge in [0.1, 0.15) is 23.4 Å². The van der Waals surface area contributed by atoms with Crippen LogP contribution in [0.5, 0.6) is 5.75 Å². The van der Waals surface area contributed by atoms with E-state index in [1.165, 1.54) is 23.0 Å². The first-order valence-electron chi connectivity index (χ1n) is 8.11. The number of hydrogen-bond donors (Lipinski definition) is 2. The molecular formula is C17H20FN3O4. The molecule has 0 spiro atoms. The summed E-state index contributed by atoms with van der Waals surface area (Å²) >= 11 is 0. The molecule has 1 aliphatic heterocycles. The minimum Gasteiger partial charge on any atom is -0.486 e. The Kier molecular flexibility index (Phi) is 5.62. The topological polar surface area (TPSA) is 85.6 Å². The molecule has 1 aromatic carbocycles. The Morgan fingerprint density at radius 1 is 1.48 bits per heavy atom. The first kappa shape index (κ1) is 17.4. The molecule has 0 bridgehead atoms. The average molecular weight is 349 g/mol. The number of rotatable bonds is 6. The van der Waals surface area contributed by atoms with Crippen molar-refractivity contribution < 1.29 is 23.8 Å². The van der Waals surface area contributed by atoms with E-state index < -0.39 is 6.10 Å². The van der Waals surface area contributed by atoms with E-state index >= 15 is 0 Å². The number of aliphatic hydroxyl groups excluding tert-OH is 1. The molecule has 134 valence electrons. The summed E-state index contributed by atoms with van der Waals surface area (Å²) in [4.78, 5) is 12.5. The molecule has 1 amide bonds. The lowest BCUT2D eigenvalue weighted by molar-refractivity contribution is -0.0137. The lowest BCUT2D eigenvalue weighted by Gasteiger charge is -2.32. The van der Waals surface area contributed by atoms with E-state index in [0.29, 0.717) is 31.1 Å². The van der Waals surface area contributed by atoms with Crippen LogP contribution < -0.4 is 10.1 Å². The maximum Gasteiger partial charge on any atom is 0.269 e. The minimum atomic E-state index is -0.422. The van der Waals surface area contributed by atoms with Crippen LogP contribution in [-0.4, -0.2) is 52.8 Å².